The van der Waals surface area contributed by atoms with Gasteiger partial charge in [-0.3, -0.25) is 19.7 Å². The Hall–Kier alpha value is -4.47. The molecule has 4 heterocycles. The second-order valence-electron chi connectivity index (χ2n) is 11.0. The Bertz CT molecular complexity index is 1820. The van der Waals surface area contributed by atoms with E-state index in [1.54, 1.807) is 31.2 Å². The molecule has 2 saturated heterocycles. The molecule has 1 aromatic heterocycles. The van der Waals surface area contributed by atoms with E-state index in [0.29, 0.717) is 33.9 Å². The molecule has 7 rings (SSSR count). The van der Waals surface area contributed by atoms with Gasteiger partial charge in [-0.1, -0.05) is 29.8 Å². The van der Waals surface area contributed by atoms with Crippen LogP contribution in [0, 0.1) is 18.8 Å². The maximum atomic E-state index is 14.3. The fourth-order valence-electron chi connectivity index (χ4n) is 6.96. The average Bonchev–Trinajstić information content (AvgIpc) is 3.68. The third kappa shape index (κ3) is 3.66. The first-order chi connectivity index (χ1) is 20.2. The summed E-state index contributed by atoms with van der Waals surface area (Å²) in [5.41, 5.74) is 3.01. The van der Waals surface area contributed by atoms with Crippen LogP contribution in [-0.4, -0.2) is 41.3 Å². The lowest BCUT2D eigenvalue weighted by Crippen LogP contribution is -2.53. The molecule has 9 nitrogen and oxygen atoms in total. The highest BCUT2D eigenvalue weighted by atomic mass is 35.5. The lowest BCUT2D eigenvalue weighted by Gasteiger charge is -2.29. The van der Waals surface area contributed by atoms with Crippen LogP contribution in [0.4, 0.5) is 11.4 Å². The van der Waals surface area contributed by atoms with Crippen molar-refractivity contribution in [2.24, 2.45) is 11.8 Å². The zero-order valence-corrected chi connectivity index (χ0v) is 23.6. The van der Waals surface area contributed by atoms with Gasteiger partial charge < -0.3 is 15.0 Å². The number of imide groups is 1. The number of hydrogen-bond acceptors (Lipinski definition) is 6. The first-order valence-corrected chi connectivity index (χ1v) is 14.2. The molecule has 0 aliphatic carbocycles. The summed E-state index contributed by atoms with van der Waals surface area (Å²) in [6.07, 6.45) is 2.31. The number of rotatable bonds is 5. The normalized spacial score (nSPS) is 24.4. The van der Waals surface area contributed by atoms with Gasteiger partial charge in [0, 0.05) is 39.4 Å². The number of carbonyl (C=O) groups excluding carboxylic acids is 4. The van der Waals surface area contributed by atoms with Gasteiger partial charge >= 0.3 is 5.97 Å². The van der Waals surface area contributed by atoms with Crippen LogP contribution in [-0.2, 0) is 31.1 Å². The summed E-state index contributed by atoms with van der Waals surface area (Å²) < 4.78 is 5.07. The number of amides is 3. The van der Waals surface area contributed by atoms with E-state index in [1.165, 1.54) is 12.1 Å². The Morgan fingerprint density at radius 3 is 2.57 bits per heavy atom. The lowest BCUT2D eigenvalue weighted by atomic mass is 9.76. The highest BCUT2D eigenvalue weighted by Gasteiger charge is 2.70. The molecule has 0 bridgehead atoms. The largest absolute Gasteiger partial charge is 0.462 e. The van der Waals surface area contributed by atoms with Crippen molar-refractivity contribution in [2.75, 3.05) is 16.8 Å². The van der Waals surface area contributed by atoms with Gasteiger partial charge in [0.2, 0.25) is 17.7 Å². The van der Waals surface area contributed by atoms with Gasteiger partial charge in [-0.25, -0.2) is 9.69 Å². The molecule has 10 heteroatoms. The molecule has 3 aliphatic heterocycles. The maximum Gasteiger partial charge on any atom is 0.338 e. The Morgan fingerprint density at radius 2 is 1.81 bits per heavy atom. The Balaban J connectivity index is 1.34. The topological polar surface area (TPSA) is 121 Å². The van der Waals surface area contributed by atoms with Crippen LogP contribution in [0.3, 0.4) is 0 Å². The smallest absolute Gasteiger partial charge is 0.338 e. The standard InChI is InChI=1S/C32H27ClN4O5/c1-3-42-30(40)17-8-10-20(11-9-17)37-28(38)25-24(13-18-15-34-23-7-5-4-6-21(18)23)36-32(26(25)29(37)39)22-14-19(33)12-16(2)27(22)35-31(32)41/h4-12,14-15,24-26,34,36H,3,13H2,1-2H3,(H,35,41)/t24-,25+,26-,32+/m0/s1. The van der Waals surface area contributed by atoms with Crippen molar-refractivity contribution in [1.29, 1.82) is 0 Å². The number of carbonyl (C=O) groups is 4. The minimum atomic E-state index is -1.49. The van der Waals surface area contributed by atoms with Gasteiger partial charge in [0.1, 0.15) is 5.54 Å². The fraction of sp³-hybridized carbons (Fsp3) is 0.250. The summed E-state index contributed by atoms with van der Waals surface area (Å²) in [6, 6.07) is 17.0. The molecule has 3 amide bonds. The van der Waals surface area contributed by atoms with E-state index < -0.39 is 41.2 Å². The van der Waals surface area contributed by atoms with E-state index in [2.05, 4.69) is 15.6 Å². The van der Waals surface area contributed by atoms with Crippen molar-refractivity contribution in [3.8, 4) is 0 Å². The molecule has 2 fully saturated rings. The maximum absolute atomic E-state index is 14.3. The SMILES string of the molecule is CCOC(=O)c1ccc(N2C(=O)[C@@H]3[C@H](Cc4c[nH]c5ccccc45)N[C@@]4(C(=O)Nc5c(C)cc(Cl)cc54)[C@@H]3C2=O)cc1. The molecular weight excluding hydrogens is 556 g/mol. The molecule has 0 saturated carbocycles. The van der Waals surface area contributed by atoms with Crippen molar-refractivity contribution < 1.29 is 23.9 Å². The lowest BCUT2D eigenvalue weighted by molar-refractivity contribution is -0.130. The highest BCUT2D eigenvalue weighted by molar-refractivity contribution is 6.31. The van der Waals surface area contributed by atoms with E-state index in [9.17, 15) is 19.2 Å². The van der Waals surface area contributed by atoms with Gasteiger partial charge in [-0.15, -0.1) is 0 Å². The van der Waals surface area contributed by atoms with Gasteiger partial charge in [-0.2, -0.15) is 0 Å². The third-order valence-electron chi connectivity index (χ3n) is 8.74. The van der Waals surface area contributed by atoms with Gasteiger partial charge in [0.25, 0.3) is 0 Å². The first kappa shape index (κ1) is 26.4. The van der Waals surface area contributed by atoms with Crippen molar-refractivity contribution in [1.82, 2.24) is 10.3 Å². The Labute approximate surface area is 246 Å². The van der Waals surface area contributed by atoms with E-state index >= 15 is 0 Å². The van der Waals surface area contributed by atoms with Crippen molar-refractivity contribution in [3.63, 3.8) is 0 Å². The number of esters is 1. The Morgan fingerprint density at radius 1 is 1.05 bits per heavy atom. The summed E-state index contributed by atoms with van der Waals surface area (Å²) in [5, 5.41) is 7.90. The number of aromatic nitrogens is 1. The summed E-state index contributed by atoms with van der Waals surface area (Å²) in [5.74, 6) is -3.60. The minimum absolute atomic E-state index is 0.229. The van der Waals surface area contributed by atoms with Crippen LogP contribution >= 0.6 is 11.6 Å². The number of nitrogens with one attached hydrogen (secondary N) is 3. The third-order valence-corrected chi connectivity index (χ3v) is 8.96. The number of ether oxygens (including phenoxy) is 1. The number of nitrogens with zero attached hydrogens (tertiary/aromatic N) is 1. The number of H-pyrrole nitrogens is 1. The van der Waals surface area contributed by atoms with Crippen LogP contribution in [0.1, 0.15) is 34.0 Å². The molecule has 0 radical (unpaired) electrons. The summed E-state index contributed by atoms with van der Waals surface area (Å²) in [7, 11) is 0. The molecule has 3 aromatic carbocycles. The molecule has 0 unspecified atom stereocenters. The van der Waals surface area contributed by atoms with Crippen molar-refractivity contribution in [2.45, 2.75) is 31.8 Å². The molecule has 4 atom stereocenters. The molecule has 3 aliphatic rings. The quantitative estimate of drug-likeness (QED) is 0.236. The number of halogens is 1. The highest BCUT2D eigenvalue weighted by Crippen LogP contribution is 2.55. The van der Waals surface area contributed by atoms with Crippen LogP contribution in [0.5, 0.6) is 0 Å². The van der Waals surface area contributed by atoms with Crippen molar-refractivity contribution >= 4 is 57.6 Å². The number of hydrogen-bond donors (Lipinski definition) is 3. The summed E-state index contributed by atoms with van der Waals surface area (Å²) >= 11 is 6.48. The van der Waals surface area contributed by atoms with Crippen LogP contribution in [0.2, 0.25) is 5.02 Å². The van der Waals surface area contributed by atoms with E-state index in [0.717, 1.165) is 26.9 Å². The second kappa shape index (κ2) is 9.54. The molecule has 212 valence electrons. The van der Waals surface area contributed by atoms with Gasteiger partial charge in [0.15, 0.2) is 0 Å². The molecule has 4 aromatic rings. The molecule has 3 N–H and O–H groups in total. The average molecular weight is 583 g/mol. The number of aryl methyl sites for hydroxylation is 1. The van der Waals surface area contributed by atoms with E-state index in [-0.39, 0.29) is 12.5 Å². The molecule has 1 spiro atoms. The van der Waals surface area contributed by atoms with Gasteiger partial charge in [0.05, 0.1) is 29.7 Å². The minimum Gasteiger partial charge on any atom is -0.462 e. The van der Waals surface area contributed by atoms with E-state index in [4.69, 9.17) is 16.3 Å². The monoisotopic (exact) mass is 582 g/mol. The van der Waals surface area contributed by atoms with E-state index in [1.807, 2.05) is 37.4 Å². The van der Waals surface area contributed by atoms with Crippen LogP contribution in [0.15, 0.2) is 66.9 Å². The zero-order chi connectivity index (χ0) is 29.3. The summed E-state index contributed by atoms with van der Waals surface area (Å²) in [6.45, 7) is 3.79. The Kier molecular flexibility index (Phi) is 6.00. The number of anilines is 2. The summed E-state index contributed by atoms with van der Waals surface area (Å²) in [4.78, 5) is 59.1. The first-order valence-electron chi connectivity index (χ1n) is 13.8. The van der Waals surface area contributed by atoms with Crippen LogP contribution < -0.4 is 15.5 Å². The van der Waals surface area contributed by atoms with Crippen molar-refractivity contribution in [3.05, 3.63) is 94.1 Å². The second-order valence-corrected chi connectivity index (χ2v) is 11.4. The molecular formula is C32H27ClN4O5. The molecule has 42 heavy (non-hydrogen) atoms. The predicted molar refractivity (Wildman–Crippen MR) is 157 cm³/mol. The van der Waals surface area contributed by atoms with Gasteiger partial charge in [-0.05, 0) is 73.9 Å². The predicted octanol–water partition coefficient (Wildman–Crippen LogP) is 4.47. The zero-order valence-electron chi connectivity index (χ0n) is 22.9. The number of para-hydroxylation sites is 1. The number of benzene rings is 3. The number of aromatic amines is 1. The van der Waals surface area contributed by atoms with Crippen LogP contribution in [0.25, 0.3) is 10.9 Å². The number of fused-ring (bicyclic) bond motifs is 5. The fourth-order valence-corrected chi connectivity index (χ4v) is 7.23.